The zero-order valence-electron chi connectivity index (χ0n) is 11.6. The summed E-state index contributed by atoms with van der Waals surface area (Å²) < 4.78 is 0.823. The Labute approximate surface area is 122 Å². The fraction of sp³-hybridized carbons (Fsp3) is 0.571. The predicted octanol–water partition coefficient (Wildman–Crippen LogP) is 3.92. The summed E-state index contributed by atoms with van der Waals surface area (Å²) in [6.45, 7) is 7.43. The summed E-state index contributed by atoms with van der Waals surface area (Å²) in [6, 6.07) is 5.45. The fourth-order valence-electron chi connectivity index (χ4n) is 2.26. The molecule has 0 bridgehead atoms. The van der Waals surface area contributed by atoms with Gasteiger partial charge in [0, 0.05) is 22.6 Å². The highest BCUT2D eigenvalue weighted by Crippen LogP contribution is 2.26. The van der Waals surface area contributed by atoms with Crippen molar-refractivity contribution in [1.29, 1.82) is 0 Å². The highest BCUT2D eigenvalue weighted by atomic mass is 79.9. The quantitative estimate of drug-likeness (QED) is 0.609. The van der Waals surface area contributed by atoms with Crippen LogP contribution in [0.5, 0.6) is 0 Å². The third-order valence-corrected chi connectivity index (χ3v) is 4.23. The van der Waals surface area contributed by atoms with Crippen molar-refractivity contribution in [2.24, 2.45) is 5.92 Å². The topological polar surface area (TPSA) is 55.2 Å². The molecule has 0 saturated heterocycles. The van der Waals surface area contributed by atoms with Crippen LogP contribution in [0.25, 0.3) is 0 Å². The van der Waals surface area contributed by atoms with Crippen molar-refractivity contribution < 1.29 is 4.92 Å². The average Bonchev–Trinajstić information content (AvgIpc) is 2.37. The third-order valence-electron chi connectivity index (χ3n) is 3.49. The summed E-state index contributed by atoms with van der Waals surface area (Å²) in [4.78, 5) is 10.3. The van der Waals surface area contributed by atoms with Crippen LogP contribution in [0.1, 0.15) is 32.8 Å². The number of nitro groups is 1. The second-order valence-electron chi connectivity index (χ2n) is 4.75. The number of halogens is 1. The standard InChI is InChI=1S/C14H21BrN2O2/c1-4-11(10(3)16-5-2)8-12-6-7-13(17(18)19)9-14(12)15/h6-7,9-11,16H,4-5,8H2,1-3H3. The van der Waals surface area contributed by atoms with Gasteiger partial charge in [0.2, 0.25) is 0 Å². The highest BCUT2D eigenvalue weighted by molar-refractivity contribution is 9.10. The van der Waals surface area contributed by atoms with E-state index in [2.05, 4.69) is 42.0 Å². The Kier molecular flexibility index (Phi) is 6.45. The first-order valence-electron chi connectivity index (χ1n) is 6.65. The van der Waals surface area contributed by atoms with Crippen LogP contribution in [0.15, 0.2) is 22.7 Å². The number of non-ortho nitro benzene ring substituents is 1. The molecule has 5 heteroatoms. The first kappa shape index (κ1) is 16.1. The van der Waals surface area contributed by atoms with Crippen molar-refractivity contribution in [3.05, 3.63) is 38.3 Å². The molecule has 0 aliphatic rings. The number of nitrogens with one attached hydrogen (secondary N) is 1. The number of nitro benzene ring substituents is 1. The molecule has 0 aliphatic carbocycles. The van der Waals surface area contributed by atoms with Crippen LogP contribution in [0.4, 0.5) is 5.69 Å². The van der Waals surface area contributed by atoms with Crippen molar-refractivity contribution in [3.8, 4) is 0 Å². The van der Waals surface area contributed by atoms with Gasteiger partial charge < -0.3 is 5.32 Å². The van der Waals surface area contributed by atoms with E-state index in [1.807, 2.05) is 6.07 Å². The fourth-order valence-corrected chi connectivity index (χ4v) is 2.79. The van der Waals surface area contributed by atoms with Crippen molar-refractivity contribution in [1.82, 2.24) is 5.32 Å². The van der Waals surface area contributed by atoms with Gasteiger partial charge in [-0.15, -0.1) is 0 Å². The number of nitrogens with zero attached hydrogens (tertiary/aromatic N) is 1. The molecule has 0 saturated carbocycles. The van der Waals surface area contributed by atoms with E-state index in [-0.39, 0.29) is 10.6 Å². The largest absolute Gasteiger partial charge is 0.314 e. The summed E-state index contributed by atoms with van der Waals surface area (Å²) in [5.41, 5.74) is 1.26. The summed E-state index contributed by atoms with van der Waals surface area (Å²) >= 11 is 3.44. The zero-order chi connectivity index (χ0) is 14.4. The van der Waals surface area contributed by atoms with E-state index >= 15 is 0 Å². The lowest BCUT2D eigenvalue weighted by Gasteiger charge is -2.24. The molecule has 1 aromatic rings. The van der Waals surface area contributed by atoms with Gasteiger partial charge in [0.15, 0.2) is 0 Å². The van der Waals surface area contributed by atoms with E-state index in [0.29, 0.717) is 12.0 Å². The van der Waals surface area contributed by atoms with Gasteiger partial charge in [-0.25, -0.2) is 0 Å². The second kappa shape index (κ2) is 7.60. The van der Waals surface area contributed by atoms with Crippen LogP contribution < -0.4 is 5.32 Å². The molecule has 19 heavy (non-hydrogen) atoms. The Morgan fingerprint density at radius 1 is 1.42 bits per heavy atom. The van der Waals surface area contributed by atoms with Gasteiger partial charge in [-0.3, -0.25) is 10.1 Å². The molecule has 0 radical (unpaired) electrons. The minimum atomic E-state index is -0.368. The first-order chi connectivity index (χ1) is 8.99. The van der Waals surface area contributed by atoms with Crippen molar-refractivity contribution >= 4 is 21.6 Å². The first-order valence-corrected chi connectivity index (χ1v) is 7.45. The minimum absolute atomic E-state index is 0.128. The average molecular weight is 329 g/mol. The Hall–Kier alpha value is -0.940. The van der Waals surface area contributed by atoms with Gasteiger partial charge in [0.25, 0.3) is 5.69 Å². The van der Waals surface area contributed by atoms with Crippen molar-refractivity contribution in [2.45, 2.75) is 39.7 Å². The summed E-state index contributed by atoms with van der Waals surface area (Å²) in [5.74, 6) is 0.526. The second-order valence-corrected chi connectivity index (χ2v) is 5.61. The molecular formula is C14H21BrN2O2. The van der Waals surface area contributed by atoms with Crippen LogP contribution in [-0.2, 0) is 6.42 Å². The predicted molar refractivity (Wildman–Crippen MR) is 81.4 cm³/mol. The molecule has 106 valence electrons. The van der Waals surface area contributed by atoms with E-state index < -0.39 is 0 Å². The molecule has 0 fully saturated rings. The zero-order valence-corrected chi connectivity index (χ0v) is 13.2. The lowest BCUT2D eigenvalue weighted by Crippen LogP contribution is -2.34. The van der Waals surface area contributed by atoms with Gasteiger partial charge in [-0.1, -0.05) is 42.3 Å². The van der Waals surface area contributed by atoms with E-state index in [1.54, 1.807) is 12.1 Å². The normalized spacial score (nSPS) is 14.1. The number of benzene rings is 1. The van der Waals surface area contributed by atoms with E-state index in [0.717, 1.165) is 29.4 Å². The smallest absolute Gasteiger partial charge is 0.270 e. The van der Waals surface area contributed by atoms with E-state index in [9.17, 15) is 10.1 Å². The molecule has 1 rings (SSSR count). The Bertz CT molecular complexity index is 437. The highest BCUT2D eigenvalue weighted by Gasteiger charge is 2.17. The minimum Gasteiger partial charge on any atom is -0.314 e. The van der Waals surface area contributed by atoms with Gasteiger partial charge >= 0.3 is 0 Å². The number of hydrogen-bond acceptors (Lipinski definition) is 3. The molecule has 0 aromatic heterocycles. The van der Waals surface area contributed by atoms with Crippen LogP contribution in [0.2, 0.25) is 0 Å². The molecule has 4 nitrogen and oxygen atoms in total. The molecule has 0 amide bonds. The lowest BCUT2D eigenvalue weighted by atomic mass is 9.90. The SMILES string of the molecule is CCNC(C)C(CC)Cc1ccc([N+](=O)[O-])cc1Br. The molecular weight excluding hydrogens is 308 g/mol. The lowest BCUT2D eigenvalue weighted by molar-refractivity contribution is -0.384. The molecule has 2 unspecified atom stereocenters. The van der Waals surface area contributed by atoms with Crippen molar-refractivity contribution in [2.75, 3.05) is 6.54 Å². The van der Waals surface area contributed by atoms with Crippen LogP contribution in [0.3, 0.4) is 0 Å². The van der Waals surface area contributed by atoms with Gasteiger partial charge in [0.05, 0.1) is 4.92 Å². The van der Waals surface area contributed by atoms with Crippen LogP contribution in [0, 0.1) is 16.0 Å². The molecule has 1 N–H and O–H groups in total. The summed E-state index contributed by atoms with van der Waals surface area (Å²) in [6.07, 6.45) is 2.00. The number of rotatable bonds is 7. The maximum Gasteiger partial charge on any atom is 0.270 e. The Morgan fingerprint density at radius 2 is 2.11 bits per heavy atom. The summed E-state index contributed by atoms with van der Waals surface area (Å²) in [7, 11) is 0. The van der Waals surface area contributed by atoms with Crippen molar-refractivity contribution in [3.63, 3.8) is 0 Å². The molecule has 0 spiro atoms. The van der Waals surface area contributed by atoms with E-state index in [4.69, 9.17) is 0 Å². The summed E-state index contributed by atoms with van der Waals surface area (Å²) in [5, 5.41) is 14.2. The van der Waals surface area contributed by atoms with Gasteiger partial charge in [-0.05, 0) is 31.4 Å². The maximum atomic E-state index is 10.7. The van der Waals surface area contributed by atoms with Crippen LogP contribution in [-0.4, -0.2) is 17.5 Å². The number of hydrogen-bond donors (Lipinski definition) is 1. The maximum absolute atomic E-state index is 10.7. The molecule has 1 aromatic carbocycles. The molecule has 2 atom stereocenters. The Balaban J connectivity index is 2.83. The van der Waals surface area contributed by atoms with Gasteiger partial charge in [0.1, 0.15) is 0 Å². The van der Waals surface area contributed by atoms with E-state index in [1.165, 1.54) is 0 Å². The third kappa shape index (κ3) is 4.58. The van der Waals surface area contributed by atoms with Crippen LogP contribution >= 0.6 is 15.9 Å². The van der Waals surface area contributed by atoms with Gasteiger partial charge in [-0.2, -0.15) is 0 Å². The molecule has 0 aliphatic heterocycles. The molecule has 0 heterocycles. The Morgan fingerprint density at radius 3 is 2.58 bits per heavy atom. The monoisotopic (exact) mass is 328 g/mol.